The molecule has 3 aromatic rings. The number of rotatable bonds is 2. The minimum atomic E-state index is -0.352. The Morgan fingerprint density at radius 2 is 2.24 bits per heavy atom. The van der Waals surface area contributed by atoms with Gasteiger partial charge in [-0.3, -0.25) is 0 Å². The summed E-state index contributed by atoms with van der Waals surface area (Å²) in [7, 11) is 1.81. The maximum absolute atomic E-state index is 11.5. The zero-order chi connectivity index (χ0) is 11.8. The Kier molecular flexibility index (Phi) is 2.19. The molecule has 0 atom stereocenters. The standard InChI is InChI=1S/C12H11N3O2/c1-13-6-8-11-10(15-12(16)14-8)7-4-2-3-5-9(7)17-11/h2-5,13H,6H2,1H3,(H,14,15,16). The average molecular weight is 229 g/mol. The fourth-order valence-corrected chi connectivity index (χ4v) is 1.96. The molecule has 86 valence electrons. The Labute approximate surface area is 96.5 Å². The molecule has 0 aliphatic carbocycles. The number of fused-ring (bicyclic) bond motifs is 3. The van der Waals surface area contributed by atoms with Gasteiger partial charge in [0.15, 0.2) is 5.58 Å². The summed E-state index contributed by atoms with van der Waals surface area (Å²) in [5.41, 5.74) is 2.37. The molecule has 5 nitrogen and oxygen atoms in total. The first-order chi connectivity index (χ1) is 8.29. The molecule has 0 bridgehead atoms. The van der Waals surface area contributed by atoms with Gasteiger partial charge in [0, 0.05) is 11.9 Å². The monoisotopic (exact) mass is 229 g/mol. The van der Waals surface area contributed by atoms with E-state index in [1.807, 2.05) is 31.3 Å². The SMILES string of the molecule is CNCc1[nH]c(=O)nc2c1oc1ccccc12. The highest BCUT2D eigenvalue weighted by Gasteiger charge is 2.12. The van der Waals surface area contributed by atoms with Gasteiger partial charge in [0.1, 0.15) is 11.1 Å². The third-order valence-electron chi connectivity index (χ3n) is 2.67. The topological polar surface area (TPSA) is 70.9 Å². The lowest BCUT2D eigenvalue weighted by Gasteiger charge is -1.99. The molecule has 0 spiro atoms. The van der Waals surface area contributed by atoms with Gasteiger partial charge in [0.25, 0.3) is 0 Å². The van der Waals surface area contributed by atoms with E-state index in [9.17, 15) is 4.79 Å². The summed E-state index contributed by atoms with van der Waals surface area (Å²) in [6.45, 7) is 0.536. The van der Waals surface area contributed by atoms with Crippen LogP contribution >= 0.6 is 0 Å². The molecule has 0 aliphatic heterocycles. The van der Waals surface area contributed by atoms with E-state index in [-0.39, 0.29) is 5.69 Å². The molecule has 2 aromatic heterocycles. The maximum Gasteiger partial charge on any atom is 0.345 e. The Morgan fingerprint density at radius 1 is 1.41 bits per heavy atom. The largest absolute Gasteiger partial charge is 0.452 e. The van der Waals surface area contributed by atoms with Crippen LogP contribution in [0.3, 0.4) is 0 Å². The van der Waals surface area contributed by atoms with Gasteiger partial charge in [-0.25, -0.2) is 4.79 Å². The Balaban J connectivity index is 2.46. The molecular weight excluding hydrogens is 218 g/mol. The number of nitrogens with one attached hydrogen (secondary N) is 2. The number of hydrogen-bond acceptors (Lipinski definition) is 4. The van der Waals surface area contributed by atoms with E-state index >= 15 is 0 Å². The van der Waals surface area contributed by atoms with Crippen LogP contribution in [-0.2, 0) is 6.54 Å². The lowest BCUT2D eigenvalue weighted by molar-refractivity contribution is 0.648. The number of aromatic amines is 1. The van der Waals surface area contributed by atoms with Crippen LogP contribution in [0.15, 0.2) is 33.5 Å². The van der Waals surface area contributed by atoms with Gasteiger partial charge in [0.05, 0.1) is 5.69 Å². The molecule has 0 saturated heterocycles. The second-order valence-electron chi connectivity index (χ2n) is 3.83. The molecule has 0 aliphatic rings. The number of benzene rings is 1. The normalized spacial score (nSPS) is 11.4. The highest BCUT2D eigenvalue weighted by atomic mass is 16.3. The van der Waals surface area contributed by atoms with Gasteiger partial charge in [-0.1, -0.05) is 12.1 Å². The predicted molar refractivity (Wildman–Crippen MR) is 64.9 cm³/mol. The highest BCUT2D eigenvalue weighted by molar-refractivity contribution is 6.02. The van der Waals surface area contributed by atoms with Crippen LogP contribution in [-0.4, -0.2) is 17.0 Å². The summed E-state index contributed by atoms with van der Waals surface area (Å²) >= 11 is 0. The van der Waals surface area contributed by atoms with E-state index < -0.39 is 0 Å². The van der Waals surface area contributed by atoms with Crippen LogP contribution < -0.4 is 11.0 Å². The van der Waals surface area contributed by atoms with Crippen molar-refractivity contribution in [3.63, 3.8) is 0 Å². The third kappa shape index (κ3) is 1.52. The number of para-hydroxylation sites is 1. The van der Waals surface area contributed by atoms with E-state index in [0.29, 0.717) is 17.6 Å². The third-order valence-corrected chi connectivity index (χ3v) is 2.67. The Hall–Kier alpha value is -2.14. The summed E-state index contributed by atoms with van der Waals surface area (Å²) in [6.07, 6.45) is 0. The smallest absolute Gasteiger partial charge is 0.345 e. The van der Waals surface area contributed by atoms with Crippen molar-refractivity contribution in [2.75, 3.05) is 7.05 Å². The van der Waals surface area contributed by atoms with E-state index in [0.717, 1.165) is 16.7 Å². The second-order valence-corrected chi connectivity index (χ2v) is 3.83. The zero-order valence-corrected chi connectivity index (χ0v) is 9.28. The quantitative estimate of drug-likeness (QED) is 0.696. The molecule has 0 amide bonds. The summed E-state index contributed by atoms with van der Waals surface area (Å²) in [5, 5.41) is 3.86. The molecule has 3 rings (SSSR count). The van der Waals surface area contributed by atoms with Crippen LogP contribution in [0, 0.1) is 0 Å². The molecule has 2 N–H and O–H groups in total. The first-order valence-corrected chi connectivity index (χ1v) is 5.34. The first-order valence-electron chi connectivity index (χ1n) is 5.34. The van der Waals surface area contributed by atoms with Crippen molar-refractivity contribution >= 4 is 22.1 Å². The summed E-state index contributed by atoms with van der Waals surface area (Å²) < 4.78 is 5.72. The van der Waals surface area contributed by atoms with E-state index in [4.69, 9.17) is 4.42 Å². The summed E-state index contributed by atoms with van der Waals surface area (Å²) in [6, 6.07) is 7.56. The fourth-order valence-electron chi connectivity index (χ4n) is 1.96. The lowest BCUT2D eigenvalue weighted by atomic mass is 10.2. The average Bonchev–Trinajstić information content (AvgIpc) is 2.69. The number of hydrogen-bond donors (Lipinski definition) is 2. The number of furan rings is 1. The van der Waals surface area contributed by atoms with Gasteiger partial charge in [0.2, 0.25) is 0 Å². The maximum atomic E-state index is 11.5. The van der Waals surface area contributed by atoms with Crippen molar-refractivity contribution in [3.05, 3.63) is 40.4 Å². The first kappa shape index (κ1) is 10.0. The lowest BCUT2D eigenvalue weighted by Crippen LogP contribution is -2.16. The molecule has 17 heavy (non-hydrogen) atoms. The summed E-state index contributed by atoms with van der Waals surface area (Å²) in [4.78, 5) is 18.1. The second kappa shape index (κ2) is 3.71. The highest BCUT2D eigenvalue weighted by Crippen LogP contribution is 2.27. The van der Waals surface area contributed by atoms with E-state index in [2.05, 4.69) is 15.3 Å². The minimum absolute atomic E-state index is 0.352. The van der Waals surface area contributed by atoms with Crippen molar-refractivity contribution in [2.24, 2.45) is 0 Å². The van der Waals surface area contributed by atoms with Crippen LogP contribution in [0.5, 0.6) is 0 Å². The summed E-state index contributed by atoms with van der Waals surface area (Å²) in [5.74, 6) is 0. The van der Waals surface area contributed by atoms with E-state index in [1.54, 1.807) is 0 Å². The number of H-pyrrole nitrogens is 1. The van der Waals surface area contributed by atoms with Gasteiger partial charge in [-0.15, -0.1) is 0 Å². The van der Waals surface area contributed by atoms with Crippen molar-refractivity contribution in [2.45, 2.75) is 6.54 Å². The molecule has 1 aromatic carbocycles. The van der Waals surface area contributed by atoms with Crippen LogP contribution in [0.4, 0.5) is 0 Å². The fraction of sp³-hybridized carbons (Fsp3) is 0.167. The number of aromatic nitrogens is 2. The molecule has 5 heteroatoms. The molecule has 0 unspecified atom stereocenters. The van der Waals surface area contributed by atoms with Crippen LogP contribution in [0.2, 0.25) is 0 Å². The van der Waals surface area contributed by atoms with Gasteiger partial charge in [-0.05, 0) is 19.2 Å². The van der Waals surface area contributed by atoms with Gasteiger partial charge >= 0.3 is 5.69 Å². The zero-order valence-electron chi connectivity index (χ0n) is 9.28. The predicted octanol–water partition coefficient (Wildman–Crippen LogP) is 1.39. The Morgan fingerprint density at radius 3 is 3.06 bits per heavy atom. The van der Waals surface area contributed by atoms with Crippen molar-refractivity contribution in [3.8, 4) is 0 Å². The van der Waals surface area contributed by atoms with Gasteiger partial charge < -0.3 is 14.7 Å². The minimum Gasteiger partial charge on any atom is -0.452 e. The molecule has 0 fully saturated rings. The molecule has 0 saturated carbocycles. The van der Waals surface area contributed by atoms with Crippen molar-refractivity contribution in [1.29, 1.82) is 0 Å². The molecular formula is C12H11N3O2. The molecule has 2 heterocycles. The van der Waals surface area contributed by atoms with Crippen molar-refractivity contribution in [1.82, 2.24) is 15.3 Å². The van der Waals surface area contributed by atoms with Crippen molar-refractivity contribution < 1.29 is 4.42 Å². The Bertz CT molecular complexity index is 742. The molecule has 0 radical (unpaired) electrons. The van der Waals surface area contributed by atoms with Gasteiger partial charge in [-0.2, -0.15) is 4.98 Å². The van der Waals surface area contributed by atoms with E-state index in [1.165, 1.54) is 0 Å². The van der Waals surface area contributed by atoms with Crippen LogP contribution in [0.1, 0.15) is 5.69 Å². The number of nitrogens with zero attached hydrogens (tertiary/aromatic N) is 1. The van der Waals surface area contributed by atoms with Crippen LogP contribution in [0.25, 0.3) is 22.1 Å².